The van der Waals surface area contributed by atoms with Crippen molar-refractivity contribution in [2.75, 3.05) is 26.9 Å². The fraction of sp³-hybridized carbons (Fsp3) is 0.312. The third-order valence-electron chi connectivity index (χ3n) is 3.11. The van der Waals surface area contributed by atoms with E-state index in [0.29, 0.717) is 13.2 Å². The summed E-state index contributed by atoms with van der Waals surface area (Å²) in [7, 11) is 1.67. The smallest absolute Gasteiger partial charge is 0.243 e. The molecule has 3 N–H and O–H groups in total. The number of amides is 1. The average Bonchev–Trinajstić information content (AvgIpc) is 2.49. The Kier molecular flexibility index (Phi) is 5.54. The van der Waals surface area contributed by atoms with E-state index in [9.17, 15) is 4.79 Å². The first-order chi connectivity index (χ1) is 10.2. The molecule has 2 rings (SSSR count). The molecule has 0 aliphatic heterocycles. The van der Waals surface area contributed by atoms with Crippen LogP contribution in [0.1, 0.15) is 5.56 Å². The second-order valence-electron chi connectivity index (χ2n) is 4.74. The summed E-state index contributed by atoms with van der Waals surface area (Å²) in [6.07, 6.45) is 0. The van der Waals surface area contributed by atoms with Crippen molar-refractivity contribution >= 4 is 16.7 Å². The fourth-order valence-corrected chi connectivity index (χ4v) is 2.06. The van der Waals surface area contributed by atoms with E-state index < -0.39 is 5.91 Å². The fourth-order valence-electron chi connectivity index (χ4n) is 2.06. The van der Waals surface area contributed by atoms with Gasteiger partial charge in [-0.15, -0.1) is 0 Å². The zero-order valence-electron chi connectivity index (χ0n) is 12.1. The summed E-state index contributed by atoms with van der Waals surface area (Å²) >= 11 is 0. The Morgan fingerprint density at radius 2 is 1.95 bits per heavy atom. The first-order valence-electron chi connectivity index (χ1n) is 6.82. The summed E-state index contributed by atoms with van der Waals surface area (Å²) in [6, 6.07) is 12.3. The lowest BCUT2D eigenvalue weighted by molar-refractivity contribution is -0.122. The van der Waals surface area contributed by atoms with E-state index in [2.05, 4.69) is 23.5 Å². The van der Waals surface area contributed by atoms with Gasteiger partial charge in [0, 0.05) is 13.1 Å². The van der Waals surface area contributed by atoms with E-state index >= 15 is 0 Å². The van der Waals surface area contributed by atoms with E-state index in [1.165, 1.54) is 10.9 Å². The Labute approximate surface area is 124 Å². The monoisotopic (exact) mass is 288 g/mol. The molecule has 21 heavy (non-hydrogen) atoms. The molecule has 0 atom stereocenters. The number of carbonyl (C=O) groups excluding carboxylic acids is 1. The summed E-state index contributed by atoms with van der Waals surface area (Å²) in [4.78, 5) is 10.5. The Hall–Kier alpha value is -2.11. The van der Waals surface area contributed by atoms with E-state index in [-0.39, 0.29) is 6.61 Å². The molecule has 112 valence electrons. The van der Waals surface area contributed by atoms with Gasteiger partial charge >= 0.3 is 0 Å². The van der Waals surface area contributed by atoms with Crippen LogP contribution in [0.25, 0.3) is 10.8 Å². The van der Waals surface area contributed by atoms with Crippen LogP contribution in [0.15, 0.2) is 36.4 Å². The van der Waals surface area contributed by atoms with Crippen LogP contribution in [-0.2, 0) is 16.1 Å². The first-order valence-corrected chi connectivity index (χ1v) is 6.82. The lowest BCUT2D eigenvalue weighted by atomic mass is 10.1. The minimum Gasteiger partial charge on any atom is -0.497 e. The minimum atomic E-state index is -0.444. The van der Waals surface area contributed by atoms with Gasteiger partial charge in [0.15, 0.2) is 0 Å². The number of hydrogen-bond donors (Lipinski definition) is 2. The predicted molar refractivity (Wildman–Crippen MR) is 82.2 cm³/mol. The molecule has 0 radical (unpaired) electrons. The van der Waals surface area contributed by atoms with E-state index in [0.717, 1.165) is 17.7 Å². The van der Waals surface area contributed by atoms with Gasteiger partial charge in [0.25, 0.3) is 0 Å². The number of benzene rings is 2. The maximum absolute atomic E-state index is 10.5. The van der Waals surface area contributed by atoms with Crippen molar-refractivity contribution in [1.29, 1.82) is 0 Å². The minimum absolute atomic E-state index is 0.0283. The molecule has 5 heteroatoms. The summed E-state index contributed by atoms with van der Waals surface area (Å²) in [6.45, 7) is 1.86. The third kappa shape index (κ3) is 4.73. The van der Waals surface area contributed by atoms with Crippen LogP contribution in [0, 0.1) is 0 Å². The molecule has 0 saturated heterocycles. The standard InChI is InChI=1S/C16H20N2O3/c1-20-15-5-4-13-8-12(2-3-14(13)9-15)10-18-6-7-21-11-16(17)19/h2-5,8-9,18H,6-7,10-11H2,1H3,(H2,17,19). The van der Waals surface area contributed by atoms with Crippen LogP contribution in [0.2, 0.25) is 0 Å². The highest BCUT2D eigenvalue weighted by Crippen LogP contribution is 2.21. The topological polar surface area (TPSA) is 73.6 Å². The zero-order chi connectivity index (χ0) is 15.1. The summed E-state index contributed by atoms with van der Waals surface area (Å²) in [5, 5.41) is 5.60. The second kappa shape index (κ2) is 7.61. The molecule has 0 saturated carbocycles. The Balaban J connectivity index is 1.84. The molecule has 0 fully saturated rings. The molecule has 0 aliphatic carbocycles. The Bertz CT molecular complexity index is 613. The van der Waals surface area contributed by atoms with Gasteiger partial charge in [-0.3, -0.25) is 4.79 Å². The zero-order valence-corrected chi connectivity index (χ0v) is 12.1. The number of methoxy groups -OCH3 is 1. The van der Waals surface area contributed by atoms with Gasteiger partial charge in [0.2, 0.25) is 5.91 Å². The second-order valence-corrected chi connectivity index (χ2v) is 4.74. The van der Waals surface area contributed by atoms with Crippen LogP contribution in [-0.4, -0.2) is 32.8 Å². The van der Waals surface area contributed by atoms with Gasteiger partial charge in [-0.05, 0) is 34.5 Å². The number of nitrogens with one attached hydrogen (secondary N) is 1. The highest BCUT2D eigenvalue weighted by molar-refractivity contribution is 5.84. The van der Waals surface area contributed by atoms with Crippen LogP contribution in [0.5, 0.6) is 5.75 Å². The largest absolute Gasteiger partial charge is 0.497 e. The summed E-state index contributed by atoms with van der Waals surface area (Å²) < 4.78 is 10.3. The first kappa shape index (κ1) is 15.3. The van der Waals surface area contributed by atoms with Gasteiger partial charge in [0.05, 0.1) is 13.7 Å². The predicted octanol–water partition coefficient (Wildman–Crippen LogP) is 1.44. The number of ether oxygens (including phenoxy) is 2. The van der Waals surface area contributed by atoms with E-state index in [4.69, 9.17) is 15.2 Å². The van der Waals surface area contributed by atoms with Crippen molar-refractivity contribution in [3.63, 3.8) is 0 Å². The van der Waals surface area contributed by atoms with Crippen molar-refractivity contribution in [3.8, 4) is 5.75 Å². The molecule has 2 aromatic carbocycles. The molecule has 2 aromatic rings. The highest BCUT2D eigenvalue weighted by Gasteiger charge is 1.99. The molecule has 5 nitrogen and oxygen atoms in total. The SMILES string of the molecule is COc1ccc2cc(CNCCOCC(N)=O)ccc2c1. The molecule has 0 bridgehead atoms. The number of primary amides is 1. The van der Waals surface area contributed by atoms with Crippen molar-refractivity contribution in [2.24, 2.45) is 5.73 Å². The van der Waals surface area contributed by atoms with E-state index in [1.54, 1.807) is 7.11 Å². The van der Waals surface area contributed by atoms with Crippen molar-refractivity contribution < 1.29 is 14.3 Å². The number of carbonyl (C=O) groups is 1. The van der Waals surface area contributed by atoms with Crippen LogP contribution >= 0.6 is 0 Å². The maximum Gasteiger partial charge on any atom is 0.243 e. The van der Waals surface area contributed by atoms with Gasteiger partial charge in [-0.25, -0.2) is 0 Å². The van der Waals surface area contributed by atoms with Gasteiger partial charge in [-0.1, -0.05) is 18.2 Å². The number of hydrogen-bond acceptors (Lipinski definition) is 4. The molecular formula is C16H20N2O3. The van der Waals surface area contributed by atoms with Crippen LogP contribution < -0.4 is 15.8 Å². The lowest BCUT2D eigenvalue weighted by Crippen LogP contribution is -2.23. The van der Waals surface area contributed by atoms with Crippen LogP contribution in [0.4, 0.5) is 0 Å². The summed E-state index contributed by atoms with van der Waals surface area (Å²) in [5.74, 6) is 0.417. The molecular weight excluding hydrogens is 268 g/mol. The van der Waals surface area contributed by atoms with Crippen LogP contribution in [0.3, 0.4) is 0 Å². The lowest BCUT2D eigenvalue weighted by Gasteiger charge is -2.07. The number of rotatable bonds is 8. The maximum atomic E-state index is 10.5. The molecule has 1 amide bonds. The normalized spacial score (nSPS) is 10.7. The molecule has 0 unspecified atom stereocenters. The molecule has 0 heterocycles. The Morgan fingerprint density at radius 3 is 2.71 bits per heavy atom. The van der Waals surface area contributed by atoms with Crippen molar-refractivity contribution in [1.82, 2.24) is 5.32 Å². The molecule has 0 spiro atoms. The Morgan fingerprint density at radius 1 is 1.19 bits per heavy atom. The van der Waals surface area contributed by atoms with Gasteiger partial charge < -0.3 is 20.5 Å². The quantitative estimate of drug-likeness (QED) is 0.721. The molecule has 0 aliphatic rings. The third-order valence-corrected chi connectivity index (χ3v) is 3.11. The number of fused-ring (bicyclic) bond motifs is 1. The molecule has 0 aromatic heterocycles. The average molecular weight is 288 g/mol. The van der Waals surface area contributed by atoms with Gasteiger partial charge in [0.1, 0.15) is 12.4 Å². The van der Waals surface area contributed by atoms with Gasteiger partial charge in [-0.2, -0.15) is 0 Å². The van der Waals surface area contributed by atoms with E-state index in [1.807, 2.05) is 18.2 Å². The van der Waals surface area contributed by atoms with Crippen molar-refractivity contribution in [2.45, 2.75) is 6.54 Å². The number of nitrogens with two attached hydrogens (primary N) is 1. The van der Waals surface area contributed by atoms with Crippen molar-refractivity contribution in [3.05, 3.63) is 42.0 Å². The highest BCUT2D eigenvalue weighted by atomic mass is 16.5. The summed E-state index contributed by atoms with van der Waals surface area (Å²) in [5.41, 5.74) is 6.18.